The highest BCUT2D eigenvalue weighted by Crippen LogP contribution is 2.65. The molecule has 338 valence electrons. The van der Waals surface area contributed by atoms with E-state index >= 15 is 0 Å². The van der Waals surface area contributed by atoms with Gasteiger partial charge in [0.25, 0.3) is 0 Å². The third kappa shape index (κ3) is 11.7. The maximum atomic E-state index is 14.2. The van der Waals surface area contributed by atoms with Gasteiger partial charge in [-0.25, -0.2) is 4.79 Å². The fourth-order valence-corrected chi connectivity index (χ4v) is 9.59. The van der Waals surface area contributed by atoms with Gasteiger partial charge in [0.2, 0.25) is 17.7 Å². The van der Waals surface area contributed by atoms with Gasteiger partial charge in [0.1, 0.15) is 11.8 Å². The van der Waals surface area contributed by atoms with Gasteiger partial charge in [-0.1, -0.05) is 25.1 Å². The quantitative estimate of drug-likeness (QED) is 0.0326. The number of nitrogens with two attached hydrogens (primary N) is 1. The summed E-state index contributed by atoms with van der Waals surface area (Å²) in [6.07, 6.45) is 11.6. The number of hydrogen-bond donors (Lipinski definition) is 7. The van der Waals surface area contributed by atoms with Crippen LogP contribution in [-0.2, 0) is 50.0 Å². The Morgan fingerprint density at radius 3 is 2.46 bits per heavy atom. The fourth-order valence-electron chi connectivity index (χ4n) is 8.81. The molecule has 0 radical (unpaired) electrons. The van der Waals surface area contributed by atoms with Crippen LogP contribution in [0.1, 0.15) is 56.1 Å². The van der Waals surface area contributed by atoms with E-state index in [2.05, 4.69) is 43.6 Å². The number of amides is 3. The molecule has 1 spiro atoms. The van der Waals surface area contributed by atoms with E-state index in [0.717, 1.165) is 38.9 Å². The van der Waals surface area contributed by atoms with Crippen molar-refractivity contribution in [2.75, 3.05) is 86.5 Å². The number of piperidine rings is 1. The third-order valence-electron chi connectivity index (χ3n) is 11.8. The van der Waals surface area contributed by atoms with E-state index < -0.39 is 47.6 Å². The zero-order valence-electron chi connectivity index (χ0n) is 35.3. The molecular weight excluding hydrogens is 828 g/mol. The average molecular weight is 892 g/mol. The second-order valence-electron chi connectivity index (χ2n) is 15.5. The number of esters is 1. The van der Waals surface area contributed by atoms with Gasteiger partial charge in [-0.15, -0.1) is 0 Å². The molecule has 1 aromatic rings. The highest BCUT2D eigenvalue weighted by Gasteiger charge is 2.72. The van der Waals surface area contributed by atoms with Gasteiger partial charge >= 0.3 is 5.97 Å². The lowest BCUT2D eigenvalue weighted by Gasteiger charge is -2.61. The smallest absolute Gasteiger partial charge is 0.333 e. The number of carbonyl (C=O) groups is 4. The van der Waals surface area contributed by atoms with Crippen LogP contribution in [0.5, 0.6) is 11.5 Å². The number of likely N-dealkylation sites (N-methyl/N-ethyl adjacent to an activating group) is 1. The summed E-state index contributed by atoms with van der Waals surface area (Å²) in [6.45, 7) is 3.99. The number of benzene rings is 1. The Balaban J connectivity index is 1.23. The summed E-state index contributed by atoms with van der Waals surface area (Å²) >= 11 is 0. The number of aliphatic hydroxyl groups is 1. The lowest BCUT2D eigenvalue weighted by Crippen LogP contribution is -2.74. The van der Waals surface area contributed by atoms with E-state index in [-0.39, 0.29) is 56.0 Å². The van der Waals surface area contributed by atoms with Crippen LogP contribution < -0.4 is 41.3 Å². The number of unbranched alkanes of at least 4 members (excludes halogenated alkanes) is 1. The molecule has 1 unspecified atom stereocenters. The molecule has 18 nitrogen and oxygen atoms in total. The van der Waals surface area contributed by atoms with E-state index in [1.165, 1.54) is 0 Å². The molecule has 8 N–H and O–H groups in total. The Labute approximate surface area is 361 Å². The number of hydrogen-bond acceptors (Lipinski definition) is 15. The van der Waals surface area contributed by atoms with Crippen LogP contribution in [0.15, 0.2) is 24.0 Å². The number of ether oxygens (including phenoxy) is 6. The molecule has 2 aliphatic carbocycles. The number of nitrogens with zero attached hydrogens (tertiary/aromatic N) is 1. The van der Waals surface area contributed by atoms with Crippen LogP contribution in [-0.4, -0.2) is 163 Å². The highest BCUT2D eigenvalue weighted by molar-refractivity contribution is 7.34. The first-order valence-electron chi connectivity index (χ1n) is 20.9. The minimum absolute atomic E-state index is 0.102. The first-order chi connectivity index (χ1) is 29.5. The van der Waals surface area contributed by atoms with Gasteiger partial charge in [-0.3, -0.25) is 24.6 Å². The Morgan fingerprint density at radius 1 is 0.984 bits per heavy atom. The van der Waals surface area contributed by atoms with Crippen molar-refractivity contribution < 1.29 is 52.7 Å². The van der Waals surface area contributed by atoms with Gasteiger partial charge in [-0.05, 0) is 80.1 Å². The standard InChI is InChI=1S/C41H63N7O11P2/c1-48-18-14-40-35-27-8-10-30(54-2)36(35)59-37(40)31(12-13-41(40,53)32(48)25-27)58-39(52)29(9-11-33(49)43-17-20-56-22-24-57-23-21-55-19-15-42)46-34(50)26-44-38(51)28(47-61-4)7-5-6-16-45-60-3/h8,10,12,28-29,32,37,45,47,53H,3-7,9,11,13-26,42H2,1-2H3,(H,43,49)(H,44,51)(H,46,50)/t28-,29?,32+,37-,40-,41+/m1/s1. The normalized spacial score (nSPS) is 23.3. The van der Waals surface area contributed by atoms with E-state index in [1.54, 1.807) is 13.2 Å². The number of nitrogens with one attached hydrogen (secondary N) is 5. The summed E-state index contributed by atoms with van der Waals surface area (Å²) in [5.41, 5.74) is 5.19. The van der Waals surface area contributed by atoms with Gasteiger partial charge in [0, 0.05) is 44.1 Å². The molecule has 1 fully saturated rings. The summed E-state index contributed by atoms with van der Waals surface area (Å²) in [5, 5.41) is 26.9. The SMILES string of the molecule is C=PNCCCC[C@@H](NP=C)C(=O)NCC(=O)NC(CCC(=O)NCCOCCOCCOCCN)C(=O)OC1=CC[C@]2(O)[C@@H]3Cc4ccc(OC)c5c4[C@]2(CCN3C)[C@@H]1O5. The Hall–Kier alpha value is -3.54. The van der Waals surface area contributed by atoms with Crippen LogP contribution in [0, 0.1) is 0 Å². The molecule has 3 amide bonds. The van der Waals surface area contributed by atoms with Crippen LogP contribution in [0.4, 0.5) is 0 Å². The predicted octanol–water partition coefficient (Wildman–Crippen LogP) is 0.327. The minimum atomic E-state index is -1.27. The molecule has 2 bridgehead atoms. The summed E-state index contributed by atoms with van der Waals surface area (Å²) in [5.74, 6) is -0.930. The second-order valence-corrected chi connectivity index (χ2v) is 16.7. The van der Waals surface area contributed by atoms with Crippen molar-refractivity contribution >= 4 is 53.0 Å². The number of methoxy groups -OCH3 is 1. The number of rotatable bonds is 29. The maximum absolute atomic E-state index is 14.2. The lowest BCUT2D eigenvalue weighted by molar-refractivity contribution is -0.170. The molecular formula is C41H63N7O11P2. The largest absolute Gasteiger partial charge is 0.493 e. The molecule has 2 heterocycles. The third-order valence-corrected chi connectivity index (χ3v) is 12.7. The van der Waals surface area contributed by atoms with Crippen LogP contribution in [0.25, 0.3) is 0 Å². The summed E-state index contributed by atoms with van der Waals surface area (Å²) in [7, 11) is 4.97. The predicted molar refractivity (Wildman–Crippen MR) is 233 cm³/mol. The van der Waals surface area contributed by atoms with Gasteiger partial charge < -0.3 is 60.1 Å². The highest BCUT2D eigenvalue weighted by atomic mass is 31.1. The first-order valence-corrected chi connectivity index (χ1v) is 23.1. The van der Waals surface area contributed by atoms with Gasteiger partial charge in [0.15, 0.2) is 17.6 Å². The molecule has 0 aromatic heterocycles. The zero-order valence-corrected chi connectivity index (χ0v) is 37.1. The summed E-state index contributed by atoms with van der Waals surface area (Å²) < 4.78 is 34.7. The second kappa shape index (κ2) is 23.8. The average Bonchev–Trinajstić information content (AvgIpc) is 3.61. The fraction of sp³-hybridized carbons (Fsp3) is 0.659. The van der Waals surface area contributed by atoms with Crippen molar-refractivity contribution in [3.8, 4) is 11.5 Å². The van der Waals surface area contributed by atoms with E-state index in [4.69, 9.17) is 34.2 Å². The van der Waals surface area contributed by atoms with Crippen molar-refractivity contribution in [3.63, 3.8) is 0 Å². The van der Waals surface area contributed by atoms with E-state index in [9.17, 15) is 24.3 Å². The van der Waals surface area contributed by atoms with Crippen LogP contribution in [0.2, 0.25) is 0 Å². The van der Waals surface area contributed by atoms with E-state index in [0.29, 0.717) is 85.2 Å². The molecule has 1 aromatic carbocycles. The summed E-state index contributed by atoms with van der Waals surface area (Å²) in [6, 6.07) is 1.83. The number of likely N-dealkylation sites (tertiary alicyclic amines) is 1. The molecule has 2 aliphatic heterocycles. The molecule has 1 saturated heterocycles. The van der Waals surface area contributed by atoms with E-state index in [1.807, 2.05) is 19.2 Å². The first kappa shape index (κ1) is 48.5. The summed E-state index contributed by atoms with van der Waals surface area (Å²) in [4.78, 5) is 55.8. The maximum Gasteiger partial charge on any atom is 0.333 e. The number of carbonyl (C=O) groups excluding carboxylic acids is 4. The molecule has 6 atom stereocenters. The van der Waals surface area contributed by atoms with Crippen LogP contribution >= 0.6 is 16.7 Å². The molecule has 0 saturated carbocycles. The van der Waals surface area contributed by atoms with Crippen LogP contribution in [0.3, 0.4) is 0 Å². The van der Waals surface area contributed by atoms with Gasteiger partial charge in [0.05, 0.1) is 70.4 Å². The minimum Gasteiger partial charge on any atom is -0.493 e. The Morgan fingerprint density at radius 2 is 1.74 bits per heavy atom. The molecule has 61 heavy (non-hydrogen) atoms. The lowest BCUT2D eigenvalue weighted by atomic mass is 9.50. The van der Waals surface area contributed by atoms with Crippen molar-refractivity contribution in [1.29, 1.82) is 0 Å². The van der Waals surface area contributed by atoms with Crippen molar-refractivity contribution in [2.45, 2.75) is 86.6 Å². The zero-order chi connectivity index (χ0) is 43.8. The Bertz CT molecular complexity index is 1740. The van der Waals surface area contributed by atoms with Crippen molar-refractivity contribution in [1.82, 2.24) is 31.0 Å². The topological polar surface area (TPSA) is 233 Å². The van der Waals surface area contributed by atoms with Crippen molar-refractivity contribution in [2.24, 2.45) is 5.73 Å². The Kier molecular flexibility index (Phi) is 18.9. The monoisotopic (exact) mass is 891 g/mol. The van der Waals surface area contributed by atoms with Gasteiger partial charge in [-0.2, -0.15) is 0 Å². The molecule has 20 heteroatoms. The molecule has 4 aliphatic rings. The van der Waals surface area contributed by atoms with Crippen molar-refractivity contribution in [3.05, 3.63) is 35.1 Å². The molecule has 5 rings (SSSR count).